The summed E-state index contributed by atoms with van der Waals surface area (Å²) in [4.78, 5) is 11.0. The number of ether oxygens (including phenoxy) is 1. The summed E-state index contributed by atoms with van der Waals surface area (Å²) in [5.41, 5.74) is 2.40. The van der Waals surface area contributed by atoms with Crippen LogP contribution in [-0.4, -0.2) is 4.92 Å². The van der Waals surface area contributed by atoms with Crippen molar-refractivity contribution in [3.63, 3.8) is 0 Å². The summed E-state index contributed by atoms with van der Waals surface area (Å²) in [6.07, 6.45) is 0. The van der Waals surface area contributed by atoms with Crippen molar-refractivity contribution in [1.29, 1.82) is 0 Å². The van der Waals surface area contributed by atoms with Gasteiger partial charge < -0.3 is 10.1 Å². The first-order valence-corrected chi connectivity index (χ1v) is 8.43. The molecule has 0 aliphatic carbocycles. The molecule has 1 N–H and O–H groups in total. The van der Waals surface area contributed by atoms with E-state index in [0.717, 1.165) is 11.1 Å². The third kappa shape index (κ3) is 4.74. The summed E-state index contributed by atoms with van der Waals surface area (Å²) >= 11 is 5.86. The number of nitro groups is 1. The summed E-state index contributed by atoms with van der Waals surface area (Å²) < 4.78 is 5.67. The van der Waals surface area contributed by atoms with E-state index in [4.69, 9.17) is 16.3 Å². The molecule has 0 aliphatic rings. The average molecular weight is 369 g/mol. The molecule has 0 fully saturated rings. The van der Waals surface area contributed by atoms with E-state index in [9.17, 15) is 10.1 Å². The molecular formula is C20H17ClN2O3. The van der Waals surface area contributed by atoms with Gasteiger partial charge in [0, 0.05) is 11.6 Å². The molecule has 0 unspecified atom stereocenters. The number of anilines is 1. The van der Waals surface area contributed by atoms with Gasteiger partial charge in [-0.25, -0.2) is 0 Å². The van der Waals surface area contributed by atoms with Crippen LogP contribution in [0.15, 0.2) is 72.8 Å². The topological polar surface area (TPSA) is 64.4 Å². The number of benzene rings is 3. The molecule has 0 aromatic heterocycles. The molecule has 0 radical (unpaired) electrons. The molecule has 0 bridgehead atoms. The largest absolute Gasteiger partial charge is 0.489 e. The highest BCUT2D eigenvalue weighted by atomic mass is 35.5. The third-order valence-corrected chi connectivity index (χ3v) is 4.06. The predicted octanol–water partition coefficient (Wildman–Crippen LogP) is 5.44. The van der Waals surface area contributed by atoms with E-state index in [0.29, 0.717) is 29.6 Å². The molecule has 0 saturated heterocycles. The molecular weight excluding hydrogens is 352 g/mol. The number of hydrogen-bond donors (Lipinski definition) is 1. The van der Waals surface area contributed by atoms with Crippen molar-refractivity contribution in [3.8, 4) is 5.75 Å². The van der Waals surface area contributed by atoms with Gasteiger partial charge in [0.05, 0.1) is 11.0 Å². The second-order valence-electron chi connectivity index (χ2n) is 5.69. The minimum absolute atomic E-state index is 0.0236. The number of halogens is 1. The van der Waals surface area contributed by atoms with Gasteiger partial charge in [-0.1, -0.05) is 54.1 Å². The van der Waals surface area contributed by atoms with Gasteiger partial charge >= 0.3 is 0 Å². The van der Waals surface area contributed by atoms with Crippen LogP contribution >= 0.6 is 11.6 Å². The van der Waals surface area contributed by atoms with Crippen molar-refractivity contribution in [2.45, 2.75) is 13.2 Å². The molecule has 6 heteroatoms. The van der Waals surface area contributed by atoms with Crippen molar-refractivity contribution in [3.05, 3.63) is 99.1 Å². The highest BCUT2D eigenvalue weighted by Crippen LogP contribution is 2.30. The monoisotopic (exact) mass is 368 g/mol. The number of nitro benzene ring substituents is 1. The fourth-order valence-corrected chi connectivity index (χ4v) is 2.57. The first kappa shape index (κ1) is 17.8. The predicted molar refractivity (Wildman–Crippen MR) is 103 cm³/mol. The molecule has 0 aliphatic heterocycles. The molecule has 0 spiro atoms. The fourth-order valence-electron chi connectivity index (χ4n) is 2.44. The molecule has 132 valence electrons. The van der Waals surface area contributed by atoms with Crippen molar-refractivity contribution in [1.82, 2.24) is 0 Å². The Bertz CT molecular complexity index is 883. The van der Waals surface area contributed by atoms with Crippen LogP contribution in [0.3, 0.4) is 0 Å². The lowest BCUT2D eigenvalue weighted by Crippen LogP contribution is -2.03. The van der Waals surface area contributed by atoms with E-state index in [2.05, 4.69) is 5.32 Å². The van der Waals surface area contributed by atoms with Gasteiger partial charge in [0.2, 0.25) is 0 Å². The zero-order chi connectivity index (χ0) is 18.4. The maximum absolute atomic E-state index is 11.4. The van der Waals surface area contributed by atoms with Gasteiger partial charge in [-0.2, -0.15) is 0 Å². The lowest BCUT2D eigenvalue weighted by Gasteiger charge is -2.10. The lowest BCUT2D eigenvalue weighted by atomic mass is 10.2. The molecule has 5 nitrogen and oxygen atoms in total. The van der Waals surface area contributed by atoms with Crippen LogP contribution in [0.25, 0.3) is 0 Å². The zero-order valence-corrected chi connectivity index (χ0v) is 14.6. The van der Waals surface area contributed by atoms with Crippen LogP contribution in [-0.2, 0) is 13.2 Å². The molecule has 0 heterocycles. The Morgan fingerprint density at radius 1 is 0.962 bits per heavy atom. The standard InChI is InChI=1S/C20H17ClN2O3/c21-17-8-6-15(7-9-17)13-22-19-11-10-18(12-20(19)23(24)25)26-14-16-4-2-1-3-5-16/h1-12,22H,13-14H2. The van der Waals surface area contributed by atoms with Crippen LogP contribution < -0.4 is 10.1 Å². The second-order valence-corrected chi connectivity index (χ2v) is 6.13. The van der Waals surface area contributed by atoms with E-state index >= 15 is 0 Å². The molecule has 0 saturated carbocycles. The van der Waals surface area contributed by atoms with Gasteiger partial charge in [0.15, 0.2) is 0 Å². The first-order chi connectivity index (χ1) is 12.6. The van der Waals surface area contributed by atoms with E-state index in [-0.39, 0.29) is 5.69 Å². The Kier molecular flexibility index (Phi) is 5.71. The highest BCUT2D eigenvalue weighted by molar-refractivity contribution is 6.30. The number of hydrogen-bond acceptors (Lipinski definition) is 4. The van der Waals surface area contributed by atoms with E-state index in [1.807, 2.05) is 42.5 Å². The van der Waals surface area contributed by atoms with Gasteiger partial charge in [-0.05, 0) is 35.4 Å². The SMILES string of the molecule is O=[N+]([O-])c1cc(OCc2ccccc2)ccc1NCc1ccc(Cl)cc1. The molecule has 26 heavy (non-hydrogen) atoms. The Labute approximate surface area is 156 Å². The summed E-state index contributed by atoms with van der Waals surface area (Å²) in [7, 11) is 0. The van der Waals surface area contributed by atoms with Gasteiger partial charge in [0.1, 0.15) is 18.0 Å². The Hall–Kier alpha value is -3.05. The Balaban J connectivity index is 1.70. The fraction of sp³-hybridized carbons (Fsp3) is 0.100. The van der Waals surface area contributed by atoms with Gasteiger partial charge in [-0.15, -0.1) is 0 Å². The van der Waals surface area contributed by atoms with Crippen LogP contribution in [0.4, 0.5) is 11.4 Å². The number of nitrogens with one attached hydrogen (secondary N) is 1. The molecule has 3 aromatic carbocycles. The smallest absolute Gasteiger partial charge is 0.296 e. The van der Waals surface area contributed by atoms with Crippen LogP contribution in [0, 0.1) is 10.1 Å². The second kappa shape index (κ2) is 8.36. The number of rotatable bonds is 7. The van der Waals surface area contributed by atoms with E-state index in [1.165, 1.54) is 6.07 Å². The molecule has 3 rings (SSSR count). The van der Waals surface area contributed by atoms with Crippen molar-refractivity contribution >= 4 is 23.0 Å². The summed E-state index contributed by atoms with van der Waals surface area (Å²) in [6.45, 7) is 0.817. The maximum Gasteiger partial charge on any atom is 0.296 e. The van der Waals surface area contributed by atoms with E-state index < -0.39 is 4.92 Å². The van der Waals surface area contributed by atoms with Gasteiger partial charge in [-0.3, -0.25) is 10.1 Å². The normalized spacial score (nSPS) is 10.3. The minimum atomic E-state index is -0.417. The lowest BCUT2D eigenvalue weighted by molar-refractivity contribution is -0.384. The summed E-state index contributed by atoms with van der Waals surface area (Å²) in [5, 5.41) is 15.1. The van der Waals surface area contributed by atoms with Crippen LogP contribution in [0.2, 0.25) is 5.02 Å². The van der Waals surface area contributed by atoms with E-state index in [1.54, 1.807) is 24.3 Å². The van der Waals surface area contributed by atoms with Crippen LogP contribution in [0.1, 0.15) is 11.1 Å². The zero-order valence-electron chi connectivity index (χ0n) is 13.9. The Morgan fingerprint density at radius 2 is 1.69 bits per heavy atom. The van der Waals surface area contributed by atoms with Crippen molar-refractivity contribution < 1.29 is 9.66 Å². The molecule has 3 aromatic rings. The van der Waals surface area contributed by atoms with Crippen molar-refractivity contribution in [2.24, 2.45) is 0 Å². The molecule has 0 amide bonds. The first-order valence-electron chi connectivity index (χ1n) is 8.05. The van der Waals surface area contributed by atoms with Crippen LogP contribution in [0.5, 0.6) is 5.75 Å². The molecule has 0 atom stereocenters. The summed E-state index contributed by atoms with van der Waals surface area (Å²) in [5.74, 6) is 0.456. The summed E-state index contributed by atoms with van der Waals surface area (Å²) in [6, 6.07) is 21.8. The highest BCUT2D eigenvalue weighted by Gasteiger charge is 2.15. The quantitative estimate of drug-likeness (QED) is 0.445. The average Bonchev–Trinajstić information content (AvgIpc) is 2.67. The van der Waals surface area contributed by atoms with Gasteiger partial charge in [0.25, 0.3) is 5.69 Å². The Morgan fingerprint density at radius 3 is 2.38 bits per heavy atom. The third-order valence-electron chi connectivity index (χ3n) is 3.81. The van der Waals surface area contributed by atoms with Crippen molar-refractivity contribution in [2.75, 3.05) is 5.32 Å². The number of nitrogens with zero attached hydrogens (tertiary/aromatic N) is 1. The maximum atomic E-state index is 11.4. The minimum Gasteiger partial charge on any atom is -0.489 e.